The maximum absolute atomic E-state index is 12.6. The van der Waals surface area contributed by atoms with Gasteiger partial charge in [-0.25, -0.2) is 0 Å². The van der Waals surface area contributed by atoms with Gasteiger partial charge in [0.1, 0.15) is 5.69 Å². The van der Waals surface area contributed by atoms with E-state index in [1.165, 1.54) is 0 Å². The molecule has 0 aliphatic carbocycles. The molecule has 0 saturated carbocycles. The van der Waals surface area contributed by atoms with Crippen molar-refractivity contribution in [3.8, 4) is 0 Å². The van der Waals surface area contributed by atoms with E-state index < -0.39 is 0 Å². The molecular weight excluding hydrogens is 310 g/mol. The van der Waals surface area contributed by atoms with E-state index in [1.54, 1.807) is 24.4 Å². The smallest absolute Gasteiger partial charge is 0.181 e. The molecule has 3 heteroatoms. The lowest BCUT2D eigenvalue weighted by Gasteiger charge is -2.16. The van der Waals surface area contributed by atoms with Crippen molar-refractivity contribution in [2.75, 3.05) is 0 Å². The van der Waals surface area contributed by atoms with Gasteiger partial charge in [-0.3, -0.25) is 14.6 Å². The van der Waals surface area contributed by atoms with Crippen LogP contribution in [0.5, 0.6) is 0 Å². The lowest BCUT2D eigenvalue weighted by Crippen LogP contribution is -2.13. The van der Waals surface area contributed by atoms with E-state index in [2.05, 4.69) is 4.98 Å². The number of rotatable bonds is 7. The van der Waals surface area contributed by atoms with Crippen molar-refractivity contribution in [2.24, 2.45) is 0 Å². The van der Waals surface area contributed by atoms with Crippen molar-refractivity contribution in [2.45, 2.75) is 18.8 Å². The van der Waals surface area contributed by atoms with Gasteiger partial charge in [0.05, 0.1) is 0 Å². The van der Waals surface area contributed by atoms with E-state index in [0.29, 0.717) is 17.7 Å². The number of nitrogens with zero attached hydrogens (tertiary/aromatic N) is 1. The summed E-state index contributed by atoms with van der Waals surface area (Å²) in [6.07, 6.45) is 2.17. The Balaban J connectivity index is 1.81. The van der Waals surface area contributed by atoms with Crippen LogP contribution in [0.1, 0.15) is 45.2 Å². The average Bonchev–Trinajstić information content (AvgIpc) is 2.69. The van der Waals surface area contributed by atoms with E-state index in [9.17, 15) is 9.59 Å². The lowest BCUT2D eigenvalue weighted by molar-refractivity contribution is 0.0942. The van der Waals surface area contributed by atoms with Gasteiger partial charge in [0, 0.05) is 24.6 Å². The van der Waals surface area contributed by atoms with Crippen LogP contribution in [-0.4, -0.2) is 16.6 Å². The first-order valence-corrected chi connectivity index (χ1v) is 8.31. The quantitative estimate of drug-likeness (QED) is 0.590. The first-order chi connectivity index (χ1) is 12.2. The van der Waals surface area contributed by atoms with Crippen LogP contribution in [0, 0.1) is 0 Å². The third-order valence-corrected chi connectivity index (χ3v) is 4.18. The van der Waals surface area contributed by atoms with Gasteiger partial charge in [-0.2, -0.15) is 0 Å². The average molecular weight is 329 g/mol. The van der Waals surface area contributed by atoms with Gasteiger partial charge < -0.3 is 0 Å². The number of benzene rings is 2. The Morgan fingerprint density at radius 2 is 1.32 bits per heavy atom. The first-order valence-electron chi connectivity index (χ1n) is 8.31. The second-order valence-corrected chi connectivity index (χ2v) is 5.94. The second-order valence-electron chi connectivity index (χ2n) is 5.94. The minimum Gasteiger partial charge on any atom is -0.294 e. The van der Waals surface area contributed by atoms with Crippen LogP contribution in [0.25, 0.3) is 0 Å². The lowest BCUT2D eigenvalue weighted by atomic mass is 9.87. The standard InChI is InChI=1S/C22H19NO2/c24-21(18-11-5-2-6-12-18)15-19(17-9-3-1-4-10-17)16-22(25)20-13-7-8-14-23-20/h1-14,19H,15-16H2. The zero-order chi connectivity index (χ0) is 17.5. The van der Waals surface area contributed by atoms with Gasteiger partial charge in [-0.1, -0.05) is 66.7 Å². The molecule has 1 aromatic heterocycles. The summed E-state index contributed by atoms with van der Waals surface area (Å²) < 4.78 is 0. The van der Waals surface area contributed by atoms with Crippen molar-refractivity contribution in [3.05, 3.63) is 102 Å². The van der Waals surface area contributed by atoms with E-state index in [1.807, 2.05) is 60.7 Å². The maximum atomic E-state index is 12.6. The Morgan fingerprint density at radius 3 is 1.96 bits per heavy atom. The van der Waals surface area contributed by atoms with Gasteiger partial charge >= 0.3 is 0 Å². The topological polar surface area (TPSA) is 47.0 Å². The Hall–Kier alpha value is -3.07. The van der Waals surface area contributed by atoms with Gasteiger partial charge in [0.2, 0.25) is 0 Å². The molecule has 0 aliphatic rings. The van der Waals surface area contributed by atoms with Crippen LogP contribution in [0.15, 0.2) is 85.1 Å². The molecule has 0 amide bonds. The minimum atomic E-state index is -0.164. The van der Waals surface area contributed by atoms with Crippen LogP contribution in [0.3, 0.4) is 0 Å². The van der Waals surface area contributed by atoms with Crippen LogP contribution in [0.2, 0.25) is 0 Å². The van der Waals surface area contributed by atoms with Gasteiger partial charge in [0.25, 0.3) is 0 Å². The second kappa shape index (κ2) is 8.15. The summed E-state index contributed by atoms with van der Waals surface area (Å²) in [6.45, 7) is 0. The fourth-order valence-corrected chi connectivity index (χ4v) is 2.85. The molecular formula is C22H19NO2. The normalized spacial score (nSPS) is 11.7. The molecule has 124 valence electrons. The molecule has 3 aromatic rings. The van der Waals surface area contributed by atoms with Crippen molar-refractivity contribution >= 4 is 11.6 Å². The third-order valence-electron chi connectivity index (χ3n) is 4.18. The molecule has 3 nitrogen and oxygen atoms in total. The molecule has 0 bridgehead atoms. The van der Waals surface area contributed by atoms with E-state index >= 15 is 0 Å². The molecule has 0 saturated heterocycles. The Kier molecular flexibility index (Phi) is 5.47. The Morgan fingerprint density at radius 1 is 0.720 bits per heavy atom. The number of aromatic nitrogens is 1. The van der Waals surface area contributed by atoms with Crippen molar-refractivity contribution < 1.29 is 9.59 Å². The summed E-state index contributed by atoms with van der Waals surface area (Å²) in [5.74, 6) is -0.165. The maximum Gasteiger partial charge on any atom is 0.181 e. The largest absolute Gasteiger partial charge is 0.294 e. The van der Waals surface area contributed by atoms with Gasteiger partial charge in [-0.05, 0) is 23.6 Å². The zero-order valence-electron chi connectivity index (χ0n) is 13.8. The van der Waals surface area contributed by atoms with Crippen LogP contribution in [0.4, 0.5) is 0 Å². The molecule has 1 atom stereocenters. The van der Waals surface area contributed by atoms with Crippen LogP contribution >= 0.6 is 0 Å². The van der Waals surface area contributed by atoms with Gasteiger partial charge in [0.15, 0.2) is 11.6 Å². The Labute approximate surface area is 147 Å². The summed E-state index contributed by atoms with van der Waals surface area (Å²) in [7, 11) is 0. The summed E-state index contributed by atoms with van der Waals surface area (Å²) in [4.78, 5) is 29.3. The zero-order valence-corrected chi connectivity index (χ0v) is 13.8. The van der Waals surface area contributed by atoms with E-state index in [0.717, 1.165) is 5.56 Å². The summed E-state index contributed by atoms with van der Waals surface area (Å²) >= 11 is 0. The fraction of sp³-hybridized carbons (Fsp3) is 0.136. The highest BCUT2D eigenvalue weighted by Gasteiger charge is 2.21. The number of Topliss-reactive ketones (excluding diaryl/α,β-unsaturated/α-hetero) is 2. The molecule has 25 heavy (non-hydrogen) atoms. The number of ketones is 2. The SMILES string of the molecule is O=C(CC(CC(=O)c1ccccn1)c1ccccc1)c1ccccc1. The number of hydrogen-bond donors (Lipinski definition) is 0. The van der Waals surface area contributed by atoms with Crippen LogP contribution < -0.4 is 0 Å². The number of carbonyl (C=O) groups is 2. The molecule has 3 rings (SSSR count). The summed E-state index contributed by atoms with van der Waals surface area (Å²) in [5.41, 5.74) is 2.11. The minimum absolute atomic E-state index is 0.0447. The number of hydrogen-bond acceptors (Lipinski definition) is 3. The van der Waals surface area contributed by atoms with Crippen molar-refractivity contribution in [3.63, 3.8) is 0 Å². The molecule has 2 aromatic carbocycles. The predicted octanol–water partition coefficient (Wildman–Crippen LogP) is 4.71. The highest BCUT2D eigenvalue weighted by molar-refractivity contribution is 5.98. The number of pyridine rings is 1. The Bertz CT molecular complexity index is 776. The summed E-state index contributed by atoms with van der Waals surface area (Å²) in [6, 6.07) is 24.2. The van der Waals surface area contributed by atoms with Crippen LogP contribution in [-0.2, 0) is 0 Å². The molecule has 0 spiro atoms. The number of carbonyl (C=O) groups excluding carboxylic acids is 2. The fourth-order valence-electron chi connectivity index (χ4n) is 2.85. The summed E-state index contributed by atoms with van der Waals surface area (Å²) in [5, 5.41) is 0. The predicted molar refractivity (Wildman–Crippen MR) is 97.8 cm³/mol. The molecule has 0 N–H and O–H groups in total. The molecule has 1 unspecified atom stereocenters. The van der Waals surface area contributed by atoms with E-state index in [-0.39, 0.29) is 23.9 Å². The molecule has 0 aliphatic heterocycles. The molecule has 0 radical (unpaired) electrons. The highest BCUT2D eigenvalue weighted by atomic mass is 16.1. The van der Waals surface area contributed by atoms with Crippen molar-refractivity contribution in [1.29, 1.82) is 0 Å². The van der Waals surface area contributed by atoms with E-state index in [4.69, 9.17) is 0 Å². The third kappa shape index (κ3) is 4.48. The highest BCUT2D eigenvalue weighted by Crippen LogP contribution is 2.26. The monoisotopic (exact) mass is 329 g/mol. The molecule has 0 fully saturated rings. The van der Waals surface area contributed by atoms with Crippen molar-refractivity contribution in [1.82, 2.24) is 4.98 Å². The van der Waals surface area contributed by atoms with Gasteiger partial charge in [-0.15, -0.1) is 0 Å². The first kappa shape index (κ1) is 16.8. The molecule has 1 heterocycles.